The van der Waals surface area contributed by atoms with Gasteiger partial charge in [0.15, 0.2) is 5.75 Å². The van der Waals surface area contributed by atoms with E-state index in [1.807, 2.05) is 0 Å². The topological polar surface area (TPSA) is 118 Å². The summed E-state index contributed by atoms with van der Waals surface area (Å²) in [5, 5.41) is 32.6. The first-order valence-electron chi connectivity index (χ1n) is 3.89. The highest BCUT2D eigenvalue weighted by atomic mass is 16.6. The fraction of sp³-hybridized carbons (Fsp3) is 0. The molecule has 2 aromatic rings. The average molecular weight is 207 g/mol. The van der Waals surface area contributed by atoms with Crippen LogP contribution in [0.5, 0.6) is 5.75 Å². The van der Waals surface area contributed by atoms with Crippen molar-refractivity contribution in [1.82, 2.24) is 20.6 Å². The van der Waals surface area contributed by atoms with Crippen molar-refractivity contribution in [2.45, 2.75) is 0 Å². The summed E-state index contributed by atoms with van der Waals surface area (Å²) in [5.74, 6) is -0.162. The molecular formula is C7H5N5O3. The quantitative estimate of drug-likeness (QED) is 0.546. The standard InChI is InChI=1S/C7H5N5O3/c13-6-2-1-4(3-5(6)12(14)15)7-8-10-11-9-7/h1-3,13H,(H,8,9,10,11). The molecule has 8 nitrogen and oxygen atoms in total. The number of hydrogen-bond acceptors (Lipinski definition) is 6. The zero-order chi connectivity index (χ0) is 10.8. The molecule has 8 heteroatoms. The molecule has 1 heterocycles. The lowest BCUT2D eigenvalue weighted by atomic mass is 10.2. The number of nitro benzene ring substituents is 1. The fourth-order valence-corrected chi connectivity index (χ4v) is 1.09. The highest BCUT2D eigenvalue weighted by molar-refractivity contribution is 5.62. The first-order valence-corrected chi connectivity index (χ1v) is 3.89. The number of rotatable bonds is 2. The van der Waals surface area contributed by atoms with E-state index in [2.05, 4.69) is 20.6 Å². The van der Waals surface area contributed by atoms with Gasteiger partial charge in [0.05, 0.1) is 4.92 Å². The van der Waals surface area contributed by atoms with Crippen LogP contribution >= 0.6 is 0 Å². The van der Waals surface area contributed by atoms with Gasteiger partial charge in [-0.1, -0.05) is 0 Å². The molecule has 0 saturated heterocycles. The Kier molecular flexibility index (Phi) is 2.01. The first kappa shape index (κ1) is 9.06. The molecule has 2 N–H and O–H groups in total. The van der Waals surface area contributed by atoms with Crippen molar-refractivity contribution in [3.05, 3.63) is 28.3 Å². The maximum Gasteiger partial charge on any atom is 0.311 e. The molecule has 0 bridgehead atoms. The Labute approximate surface area is 82.7 Å². The Morgan fingerprint density at radius 2 is 2.27 bits per heavy atom. The third-order valence-corrected chi connectivity index (χ3v) is 1.78. The lowest BCUT2D eigenvalue weighted by Crippen LogP contribution is -1.90. The highest BCUT2D eigenvalue weighted by Gasteiger charge is 2.15. The zero-order valence-corrected chi connectivity index (χ0v) is 7.28. The molecule has 0 atom stereocenters. The van der Waals surface area contributed by atoms with Crippen LogP contribution in [0.4, 0.5) is 5.69 Å². The van der Waals surface area contributed by atoms with E-state index in [1.165, 1.54) is 18.2 Å². The van der Waals surface area contributed by atoms with E-state index in [4.69, 9.17) is 0 Å². The number of hydrogen-bond donors (Lipinski definition) is 2. The van der Waals surface area contributed by atoms with E-state index in [-0.39, 0.29) is 5.82 Å². The molecule has 15 heavy (non-hydrogen) atoms. The van der Waals surface area contributed by atoms with Crippen molar-refractivity contribution in [3.8, 4) is 17.1 Å². The van der Waals surface area contributed by atoms with Crippen molar-refractivity contribution < 1.29 is 10.0 Å². The fourth-order valence-electron chi connectivity index (χ4n) is 1.09. The molecule has 0 aliphatic carbocycles. The number of phenolic OH excluding ortho intramolecular Hbond substituents is 1. The van der Waals surface area contributed by atoms with Crippen LogP contribution in [-0.2, 0) is 0 Å². The summed E-state index contributed by atoms with van der Waals surface area (Å²) in [6.07, 6.45) is 0. The molecule has 0 spiro atoms. The van der Waals surface area contributed by atoms with Crippen LogP contribution in [0.2, 0.25) is 0 Å². The Morgan fingerprint density at radius 1 is 1.47 bits per heavy atom. The summed E-state index contributed by atoms with van der Waals surface area (Å²) in [6.45, 7) is 0. The second-order valence-corrected chi connectivity index (χ2v) is 2.70. The Hall–Kier alpha value is -2.51. The van der Waals surface area contributed by atoms with Gasteiger partial charge in [-0.2, -0.15) is 5.21 Å². The van der Waals surface area contributed by atoms with E-state index in [0.29, 0.717) is 5.56 Å². The number of phenols is 1. The van der Waals surface area contributed by atoms with Gasteiger partial charge in [-0.3, -0.25) is 10.1 Å². The van der Waals surface area contributed by atoms with Gasteiger partial charge in [-0.05, 0) is 17.3 Å². The van der Waals surface area contributed by atoms with Gasteiger partial charge in [0.1, 0.15) is 0 Å². The second-order valence-electron chi connectivity index (χ2n) is 2.70. The van der Waals surface area contributed by atoms with Crippen molar-refractivity contribution in [3.63, 3.8) is 0 Å². The van der Waals surface area contributed by atoms with Crippen molar-refractivity contribution in [1.29, 1.82) is 0 Å². The largest absolute Gasteiger partial charge is 0.502 e. The number of nitro groups is 1. The molecule has 1 aromatic heterocycles. The molecule has 1 aromatic carbocycles. The number of H-pyrrole nitrogens is 1. The number of aromatic nitrogens is 4. The minimum atomic E-state index is -0.682. The molecule has 2 rings (SSSR count). The predicted molar refractivity (Wildman–Crippen MR) is 47.9 cm³/mol. The number of nitrogens with zero attached hydrogens (tertiary/aromatic N) is 4. The van der Waals surface area contributed by atoms with Crippen LogP contribution in [0, 0.1) is 10.1 Å². The second kappa shape index (κ2) is 3.33. The molecule has 0 amide bonds. The highest BCUT2D eigenvalue weighted by Crippen LogP contribution is 2.29. The summed E-state index contributed by atoms with van der Waals surface area (Å²) in [6, 6.07) is 3.86. The minimum Gasteiger partial charge on any atom is -0.502 e. The maximum atomic E-state index is 10.5. The van der Waals surface area contributed by atoms with Crippen LogP contribution in [0.25, 0.3) is 11.4 Å². The Morgan fingerprint density at radius 3 is 2.87 bits per heavy atom. The summed E-state index contributed by atoms with van der Waals surface area (Å²) in [4.78, 5) is 9.84. The van der Waals surface area contributed by atoms with Gasteiger partial charge in [0.2, 0.25) is 5.82 Å². The van der Waals surface area contributed by atoms with Crippen molar-refractivity contribution in [2.75, 3.05) is 0 Å². The van der Waals surface area contributed by atoms with E-state index >= 15 is 0 Å². The molecule has 0 unspecified atom stereocenters. The number of aromatic amines is 1. The number of nitrogens with one attached hydrogen (secondary N) is 1. The van der Waals surface area contributed by atoms with Crippen LogP contribution < -0.4 is 0 Å². The molecule has 76 valence electrons. The van der Waals surface area contributed by atoms with Crippen LogP contribution in [0.1, 0.15) is 0 Å². The van der Waals surface area contributed by atoms with Gasteiger partial charge in [0.25, 0.3) is 0 Å². The lowest BCUT2D eigenvalue weighted by Gasteiger charge is -1.97. The molecule has 0 saturated carbocycles. The number of benzene rings is 1. The molecule has 0 radical (unpaired) electrons. The number of tetrazole rings is 1. The smallest absolute Gasteiger partial charge is 0.311 e. The van der Waals surface area contributed by atoms with Gasteiger partial charge in [-0.25, -0.2) is 0 Å². The summed E-state index contributed by atoms with van der Waals surface area (Å²) in [7, 11) is 0. The van der Waals surface area contributed by atoms with Crippen LogP contribution in [0.3, 0.4) is 0 Å². The van der Waals surface area contributed by atoms with Gasteiger partial charge in [-0.15, -0.1) is 10.2 Å². The van der Waals surface area contributed by atoms with E-state index in [0.717, 1.165) is 0 Å². The molecule has 0 fully saturated rings. The van der Waals surface area contributed by atoms with E-state index < -0.39 is 16.4 Å². The Bertz CT molecular complexity index is 495. The monoisotopic (exact) mass is 207 g/mol. The lowest BCUT2D eigenvalue weighted by molar-refractivity contribution is -0.385. The summed E-state index contributed by atoms with van der Waals surface area (Å²) < 4.78 is 0. The van der Waals surface area contributed by atoms with E-state index in [9.17, 15) is 15.2 Å². The third-order valence-electron chi connectivity index (χ3n) is 1.78. The third kappa shape index (κ3) is 1.59. The summed E-state index contributed by atoms with van der Waals surface area (Å²) in [5.41, 5.74) is 0.0190. The summed E-state index contributed by atoms with van der Waals surface area (Å²) >= 11 is 0. The predicted octanol–water partition coefficient (Wildman–Crippen LogP) is 0.480. The molecule has 0 aliphatic heterocycles. The van der Waals surface area contributed by atoms with Crippen molar-refractivity contribution >= 4 is 5.69 Å². The van der Waals surface area contributed by atoms with E-state index in [1.54, 1.807) is 0 Å². The van der Waals surface area contributed by atoms with Crippen LogP contribution in [-0.4, -0.2) is 30.7 Å². The minimum absolute atomic E-state index is 0.234. The number of aromatic hydroxyl groups is 1. The zero-order valence-electron chi connectivity index (χ0n) is 7.28. The van der Waals surface area contributed by atoms with Gasteiger partial charge in [0, 0.05) is 11.6 Å². The van der Waals surface area contributed by atoms with Gasteiger partial charge >= 0.3 is 5.69 Å². The van der Waals surface area contributed by atoms with Crippen LogP contribution in [0.15, 0.2) is 18.2 Å². The SMILES string of the molecule is O=[N+]([O-])c1cc(-c2nn[nH]n2)ccc1O. The molecular weight excluding hydrogens is 202 g/mol. The first-order chi connectivity index (χ1) is 7.18. The Balaban J connectivity index is 2.52. The molecule has 0 aliphatic rings. The maximum absolute atomic E-state index is 10.5. The normalized spacial score (nSPS) is 10.1. The van der Waals surface area contributed by atoms with Gasteiger partial charge < -0.3 is 5.11 Å². The average Bonchev–Trinajstić information content (AvgIpc) is 2.71. The van der Waals surface area contributed by atoms with Crippen molar-refractivity contribution in [2.24, 2.45) is 0 Å².